The first-order valence-corrected chi connectivity index (χ1v) is 19.2. The number of fused-ring (bicyclic) bond motifs is 7. The number of benzene rings is 9. The van der Waals surface area contributed by atoms with Gasteiger partial charge in [0.05, 0.1) is 0 Å². The summed E-state index contributed by atoms with van der Waals surface area (Å²) in [5.74, 6) is 1.94. The van der Waals surface area contributed by atoms with Gasteiger partial charge >= 0.3 is 0 Å². The van der Waals surface area contributed by atoms with Gasteiger partial charge < -0.3 is 0 Å². The van der Waals surface area contributed by atoms with E-state index in [4.69, 9.17) is 15.0 Å². The molecule has 0 fully saturated rings. The van der Waals surface area contributed by atoms with Gasteiger partial charge in [0, 0.05) is 22.1 Å². The normalized spacial score (nSPS) is 14.6. The van der Waals surface area contributed by atoms with Gasteiger partial charge in [0.15, 0.2) is 17.5 Å². The van der Waals surface area contributed by atoms with Crippen molar-refractivity contribution in [2.24, 2.45) is 0 Å². The lowest BCUT2D eigenvalue weighted by atomic mass is 9.74. The fourth-order valence-corrected chi connectivity index (χ4v) is 8.98. The summed E-state index contributed by atoms with van der Waals surface area (Å²) in [5, 5.41) is 7.47. The molecule has 262 valence electrons. The fourth-order valence-electron chi connectivity index (χ4n) is 8.98. The SMILES string of the molecule is CC1(c2ccccc2)c2ccccc2-c2ccc(-c3nc(-c4ccccc4)nc(-c4ccc(-c5c6ccccc6cc6c5ccc5ccccc56)cc4)n3)cc21. The van der Waals surface area contributed by atoms with Gasteiger partial charge in [-0.25, -0.2) is 15.0 Å². The Bertz CT molecular complexity index is 3130. The van der Waals surface area contributed by atoms with Gasteiger partial charge in [0.1, 0.15) is 0 Å². The standard InChI is InChI=1S/C53H35N3/c1-53(40-18-6-3-7-19-40)47-23-13-12-22-43(47)44-30-29-39(33-48(44)53)52-55-50(36-15-4-2-5-16-36)54-51(56-52)37-26-24-35(25-27-37)49-42-21-11-9-17-38(42)32-46-41-20-10-8-14-34(41)28-31-45(46)49/h2-33H,1H3. The highest BCUT2D eigenvalue weighted by Crippen LogP contribution is 2.53. The minimum absolute atomic E-state index is 0.324. The molecule has 1 aliphatic rings. The molecule has 9 aromatic carbocycles. The van der Waals surface area contributed by atoms with E-state index in [0.29, 0.717) is 17.5 Å². The van der Waals surface area contributed by atoms with Crippen LogP contribution in [0.3, 0.4) is 0 Å². The van der Waals surface area contributed by atoms with Gasteiger partial charge in [-0.15, -0.1) is 0 Å². The predicted molar refractivity (Wildman–Crippen MR) is 232 cm³/mol. The summed E-state index contributed by atoms with van der Waals surface area (Å²) in [5.41, 5.74) is 11.3. The van der Waals surface area contributed by atoms with E-state index in [1.165, 1.54) is 65.7 Å². The van der Waals surface area contributed by atoms with Crippen LogP contribution in [0.4, 0.5) is 0 Å². The van der Waals surface area contributed by atoms with Crippen LogP contribution in [-0.2, 0) is 5.41 Å². The Hall–Kier alpha value is -7.23. The molecule has 1 heterocycles. The quantitative estimate of drug-likeness (QED) is 0.132. The third-order valence-corrected chi connectivity index (χ3v) is 11.8. The molecule has 0 radical (unpaired) electrons. The molecular formula is C53H35N3. The molecule has 1 unspecified atom stereocenters. The van der Waals surface area contributed by atoms with Gasteiger partial charge in [-0.2, -0.15) is 0 Å². The minimum atomic E-state index is -0.324. The smallest absolute Gasteiger partial charge is 0.164 e. The Labute approximate surface area is 325 Å². The lowest BCUT2D eigenvalue weighted by Gasteiger charge is -2.28. The summed E-state index contributed by atoms with van der Waals surface area (Å²) in [4.78, 5) is 15.4. The number of hydrogen-bond acceptors (Lipinski definition) is 3. The van der Waals surface area contributed by atoms with Gasteiger partial charge in [0.2, 0.25) is 0 Å². The van der Waals surface area contributed by atoms with Crippen molar-refractivity contribution in [2.45, 2.75) is 12.3 Å². The van der Waals surface area contributed by atoms with E-state index in [-0.39, 0.29) is 5.41 Å². The highest BCUT2D eigenvalue weighted by atomic mass is 15.0. The second kappa shape index (κ2) is 12.7. The highest BCUT2D eigenvalue weighted by molar-refractivity contribution is 6.20. The zero-order valence-electron chi connectivity index (χ0n) is 30.8. The van der Waals surface area contributed by atoms with Crippen LogP contribution in [0.5, 0.6) is 0 Å². The van der Waals surface area contributed by atoms with Crippen molar-refractivity contribution in [1.82, 2.24) is 15.0 Å². The number of rotatable bonds is 5. The maximum atomic E-state index is 5.21. The van der Waals surface area contributed by atoms with Crippen molar-refractivity contribution in [2.75, 3.05) is 0 Å². The summed E-state index contributed by atoms with van der Waals surface area (Å²) in [7, 11) is 0. The second-order valence-electron chi connectivity index (χ2n) is 14.9. The van der Waals surface area contributed by atoms with Gasteiger partial charge in [-0.1, -0.05) is 182 Å². The summed E-state index contributed by atoms with van der Waals surface area (Å²) in [6.07, 6.45) is 0. The number of aromatic nitrogens is 3. The Morgan fingerprint density at radius 2 is 0.893 bits per heavy atom. The van der Waals surface area contributed by atoms with E-state index >= 15 is 0 Å². The fraction of sp³-hybridized carbons (Fsp3) is 0.0377. The van der Waals surface area contributed by atoms with Crippen LogP contribution in [0.25, 0.3) is 88.7 Å². The molecule has 0 spiro atoms. The minimum Gasteiger partial charge on any atom is -0.208 e. The van der Waals surface area contributed by atoms with Crippen LogP contribution in [-0.4, -0.2) is 15.0 Å². The van der Waals surface area contributed by atoms with E-state index in [1.54, 1.807) is 0 Å². The lowest BCUT2D eigenvalue weighted by Crippen LogP contribution is -2.22. The molecule has 0 bridgehead atoms. The van der Waals surface area contributed by atoms with E-state index in [1.807, 2.05) is 18.2 Å². The molecule has 0 saturated carbocycles. The third-order valence-electron chi connectivity index (χ3n) is 11.8. The average Bonchev–Trinajstić information content (AvgIpc) is 3.54. The van der Waals surface area contributed by atoms with Crippen molar-refractivity contribution < 1.29 is 0 Å². The lowest BCUT2D eigenvalue weighted by molar-refractivity contribution is 0.714. The molecule has 1 aliphatic carbocycles. The molecule has 11 rings (SSSR count). The van der Waals surface area contributed by atoms with Crippen LogP contribution < -0.4 is 0 Å². The average molecular weight is 714 g/mol. The van der Waals surface area contributed by atoms with Crippen molar-refractivity contribution in [3.05, 3.63) is 211 Å². The van der Waals surface area contributed by atoms with Crippen LogP contribution in [0.15, 0.2) is 194 Å². The van der Waals surface area contributed by atoms with Crippen LogP contribution >= 0.6 is 0 Å². The van der Waals surface area contributed by atoms with Gasteiger partial charge in [-0.05, 0) is 90.3 Å². The van der Waals surface area contributed by atoms with Gasteiger partial charge in [0.25, 0.3) is 0 Å². The maximum Gasteiger partial charge on any atom is 0.164 e. The molecule has 1 atom stereocenters. The number of hydrogen-bond donors (Lipinski definition) is 0. The predicted octanol–water partition coefficient (Wildman–Crippen LogP) is 13.3. The Morgan fingerprint density at radius 3 is 1.66 bits per heavy atom. The largest absolute Gasteiger partial charge is 0.208 e. The molecule has 56 heavy (non-hydrogen) atoms. The topological polar surface area (TPSA) is 38.7 Å². The van der Waals surface area contributed by atoms with E-state index in [0.717, 1.165) is 22.3 Å². The Kier molecular flexibility index (Phi) is 7.30. The van der Waals surface area contributed by atoms with E-state index in [2.05, 4.69) is 183 Å². The summed E-state index contributed by atoms with van der Waals surface area (Å²) in [6, 6.07) is 69.5. The van der Waals surface area contributed by atoms with Crippen LogP contribution in [0.1, 0.15) is 23.6 Å². The first kappa shape index (κ1) is 32.2. The van der Waals surface area contributed by atoms with E-state index < -0.39 is 0 Å². The monoisotopic (exact) mass is 713 g/mol. The molecule has 10 aromatic rings. The van der Waals surface area contributed by atoms with Crippen molar-refractivity contribution in [3.63, 3.8) is 0 Å². The highest BCUT2D eigenvalue weighted by Gasteiger charge is 2.40. The third kappa shape index (κ3) is 5.02. The Morgan fingerprint density at radius 1 is 0.339 bits per heavy atom. The molecule has 3 nitrogen and oxygen atoms in total. The zero-order chi connectivity index (χ0) is 37.2. The molecule has 1 aromatic heterocycles. The first-order valence-electron chi connectivity index (χ1n) is 19.2. The van der Waals surface area contributed by atoms with Crippen molar-refractivity contribution in [3.8, 4) is 56.4 Å². The Balaban J connectivity index is 1.06. The summed E-state index contributed by atoms with van der Waals surface area (Å²) in [6.45, 7) is 2.34. The van der Waals surface area contributed by atoms with E-state index in [9.17, 15) is 0 Å². The molecule has 0 aliphatic heterocycles. The first-order chi connectivity index (χ1) is 27.6. The second-order valence-corrected chi connectivity index (χ2v) is 14.9. The van der Waals surface area contributed by atoms with Crippen molar-refractivity contribution >= 4 is 32.3 Å². The van der Waals surface area contributed by atoms with Crippen LogP contribution in [0.2, 0.25) is 0 Å². The molecule has 3 heteroatoms. The van der Waals surface area contributed by atoms with Crippen molar-refractivity contribution in [1.29, 1.82) is 0 Å². The zero-order valence-corrected chi connectivity index (χ0v) is 30.8. The molecule has 0 saturated heterocycles. The molecule has 0 amide bonds. The maximum absolute atomic E-state index is 5.21. The summed E-state index contributed by atoms with van der Waals surface area (Å²) < 4.78 is 0. The van der Waals surface area contributed by atoms with Crippen LogP contribution in [0, 0.1) is 0 Å². The number of nitrogens with zero attached hydrogens (tertiary/aromatic N) is 3. The molecular weight excluding hydrogens is 679 g/mol. The molecule has 0 N–H and O–H groups in total. The van der Waals surface area contributed by atoms with Gasteiger partial charge in [-0.3, -0.25) is 0 Å². The summed E-state index contributed by atoms with van der Waals surface area (Å²) >= 11 is 0.